The number of rotatable bonds is 2. The lowest BCUT2D eigenvalue weighted by Gasteiger charge is -2.21. The van der Waals surface area contributed by atoms with Crippen LogP contribution in [0.2, 0.25) is 0 Å². The van der Waals surface area contributed by atoms with Crippen molar-refractivity contribution in [3.63, 3.8) is 0 Å². The Bertz CT molecular complexity index is 91.1. The fraction of sp³-hybridized carbons (Fsp3) is 0.667. The van der Waals surface area contributed by atoms with Crippen molar-refractivity contribution in [3.05, 3.63) is 12.5 Å². The molecule has 0 aliphatic carbocycles. The van der Waals surface area contributed by atoms with Gasteiger partial charge in [-0.2, -0.15) is 0 Å². The maximum absolute atomic E-state index is 8.34. The predicted octanol–water partition coefficient (Wildman–Crippen LogP) is -1.88. The quantitative estimate of drug-likeness (QED) is 0.362. The molecule has 0 saturated carbocycles. The van der Waals surface area contributed by atoms with Gasteiger partial charge in [0, 0.05) is 0 Å². The zero-order valence-corrected chi connectivity index (χ0v) is 6.89. The molecule has 0 rings (SSSR count). The minimum Gasteiger partial charge on any atom is -1.00 e. The molecule has 0 bridgehead atoms. The first-order valence-electron chi connectivity index (χ1n) is 2.77. The Kier molecular flexibility index (Phi) is 5.98. The fourth-order valence-corrected chi connectivity index (χ4v) is 0.286. The molecule has 0 aromatic heterocycles. The molecule has 1 N–H and O–H groups in total. The van der Waals surface area contributed by atoms with Crippen molar-refractivity contribution in [1.82, 2.24) is 0 Å². The third-order valence-electron chi connectivity index (χ3n) is 1.29. The highest BCUT2D eigenvalue weighted by atomic mass is 35.5. The van der Waals surface area contributed by atoms with Crippen molar-refractivity contribution in [2.45, 2.75) is 6.92 Å². The highest BCUT2D eigenvalue weighted by Crippen LogP contribution is 1.94. The molecule has 3 heteroatoms. The molecule has 0 spiro atoms. The summed E-state index contributed by atoms with van der Waals surface area (Å²) in [5.74, 6) is 0. The molecule has 0 aromatic carbocycles. The molecule has 0 unspecified atom stereocenters. The van der Waals surface area contributed by atoms with E-state index in [1.165, 1.54) is 0 Å². The van der Waals surface area contributed by atoms with E-state index in [1.54, 1.807) is 6.20 Å². The third kappa shape index (κ3) is 5.66. The van der Waals surface area contributed by atoms with Crippen molar-refractivity contribution in [3.8, 4) is 0 Å². The van der Waals surface area contributed by atoms with Crippen LogP contribution in [-0.4, -0.2) is 30.2 Å². The SMILES string of the molecule is CC[N+](C)(C)C=CO.[Cl-]. The Labute approximate surface area is 62.8 Å². The second kappa shape index (κ2) is 4.65. The van der Waals surface area contributed by atoms with Crippen LogP contribution in [0.3, 0.4) is 0 Å². The normalized spacial score (nSPS) is 11.4. The van der Waals surface area contributed by atoms with E-state index in [2.05, 4.69) is 6.92 Å². The first-order chi connectivity index (χ1) is 3.62. The zero-order chi connectivity index (χ0) is 6.62. The molecule has 56 valence electrons. The van der Waals surface area contributed by atoms with Gasteiger partial charge in [0.05, 0.1) is 20.6 Å². The molecule has 0 saturated heterocycles. The minimum absolute atomic E-state index is 0. The highest BCUT2D eigenvalue weighted by molar-refractivity contribution is 4.56. The maximum atomic E-state index is 8.34. The molecule has 0 radical (unpaired) electrons. The molecule has 0 atom stereocenters. The van der Waals surface area contributed by atoms with Crippen LogP contribution in [0.4, 0.5) is 0 Å². The number of hydrogen-bond donors (Lipinski definition) is 1. The van der Waals surface area contributed by atoms with Gasteiger partial charge in [-0.05, 0) is 6.92 Å². The molecule has 0 fully saturated rings. The van der Waals surface area contributed by atoms with Crippen molar-refractivity contribution in [2.24, 2.45) is 0 Å². The third-order valence-corrected chi connectivity index (χ3v) is 1.29. The Balaban J connectivity index is 0. The Morgan fingerprint density at radius 1 is 1.44 bits per heavy atom. The summed E-state index contributed by atoms with van der Waals surface area (Å²) in [6, 6.07) is 0. The second-order valence-corrected chi connectivity index (χ2v) is 2.39. The molecular formula is C6H14ClNO. The molecule has 0 aromatic rings. The molecule has 2 nitrogen and oxygen atoms in total. The van der Waals surface area contributed by atoms with Crippen LogP contribution in [0.1, 0.15) is 6.92 Å². The number of quaternary nitrogens is 1. The molecule has 0 aliphatic heterocycles. The van der Waals surface area contributed by atoms with Gasteiger partial charge in [-0.1, -0.05) is 0 Å². The molecule has 9 heavy (non-hydrogen) atoms. The molecule has 0 amide bonds. The van der Waals surface area contributed by atoms with Gasteiger partial charge in [-0.25, -0.2) is 0 Å². The Morgan fingerprint density at radius 2 is 1.89 bits per heavy atom. The van der Waals surface area contributed by atoms with Gasteiger partial charge in [0.1, 0.15) is 12.5 Å². The topological polar surface area (TPSA) is 20.2 Å². The number of halogens is 1. The average molecular weight is 152 g/mol. The molecular weight excluding hydrogens is 138 g/mol. The van der Waals surface area contributed by atoms with Crippen LogP contribution >= 0.6 is 0 Å². The zero-order valence-electron chi connectivity index (χ0n) is 6.13. The smallest absolute Gasteiger partial charge is 0.132 e. The summed E-state index contributed by atoms with van der Waals surface area (Å²) in [6.45, 7) is 3.07. The number of nitrogens with zero attached hydrogens (tertiary/aromatic N) is 1. The van der Waals surface area contributed by atoms with E-state index >= 15 is 0 Å². The summed E-state index contributed by atoms with van der Waals surface area (Å²) >= 11 is 0. The van der Waals surface area contributed by atoms with E-state index in [4.69, 9.17) is 5.11 Å². The monoisotopic (exact) mass is 151 g/mol. The van der Waals surface area contributed by atoms with Crippen LogP contribution in [-0.2, 0) is 0 Å². The standard InChI is InChI=1S/C6H13NO.ClH/c1-4-7(2,3)5-6-8;/h5-6H,4H2,1-3H3;1H. The summed E-state index contributed by atoms with van der Waals surface area (Å²) in [6.07, 6.45) is 2.82. The fourth-order valence-electron chi connectivity index (χ4n) is 0.286. The van der Waals surface area contributed by atoms with Crippen LogP contribution in [0.15, 0.2) is 12.5 Å². The number of aliphatic hydroxyl groups excluding tert-OH is 1. The lowest BCUT2D eigenvalue weighted by atomic mass is 10.5. The van der Waals surface area contributed by atoms with E-state index in [9.17, 15) is 0 Å². The van der Waals surface area contributed by atoms with Gasteiger partial charge in [0.2, 0.25) is 0 Å². The minimum atomic E-state index is 0. The Morgan fingerprint density at radius 3 is 2.00 bits per heavy atom. The largest absolute Gasteiger partial charge is 1.00 e. The van der Waals surface area contributed by atoms with Crippen LogP contribution in [0, 0.1) is 0 Å². The first kappa shape index (κ1) is 11.6. The summed E-state index contributed by atoms with van der Waals surface area (Å²) in [5, 5.41) is 8.34. The number of aliphatic hydroxyl groups is 1. The van der Waals surface area contributed by atoms with Gasteiger partial charge in [0.15, 0.2) is 0 Å². The summed E-state index contributed by atoms with van der Waals surface area (Å²) in [7, 11) is 4.04. The van der Waals surface area contributed by atoms with E-state index < -0.39 is 0 Å². The summed E-state index contributed by atoms with van der Waals surface area (Å²) in [4.78, 5) is 0. The van der Waals surface area contributed by atoms with Crippen molar-refractivity contribution >= 4 is 0 Å². The number of hydrogen-bond acceptors (Lipinski definition) is 1. The molecule has 0 aliphatic rings. The van der Waals surface area contributed by atoms with Crippen molar-refractivity contribution in [2.75, 3.05) is 20.6 Å². The highest BCUT2D eigenvalue weighted by Gasteiger charge is 2.04. The van der Waals surface area contributed by atoms with E-state index in [1.807, 2.05) is 14.1 Å². The Hall–Kier alpha value is -0.210. The van der Waals surface area contributed by atoms with E-state index in [-0.39, 0.29) is 12.4 Å². The second-order valence-electron chi connectivity index (χ2n) is 2.39. The predicted molar refractivity (Wildman–Crippen MR) is 34.4 cm³/mol. The van der Waals surface area contributed by atoms with Crippen LogP contribution < -0.4 is 12.4 Å². The lowest BCUT2D eigenvalue weighted by molar-refractivity contribution is -0.837. The van der Waals surface area contributed by atoms with E-state index in [0.717, 1.165) is 17.3 Å². The molecule has 0 heterocycles. The van der Waals surface area contributed by atoms with E-state index in [0.29, 0.717) is 0 Å². The van der Waals surface area contributed by atoms with Crippen LogP contribution in [0.25, 0.3) is 0 Å². The van der Waals surface area contributed by atoms with Gasteiger partial charge in [-0.15, -0.1) is 0 Å². The van der Waals surface area contributed by atoms with Crippen molar-refractivity contribution in [1.29, 1.82) is 0 Å². The summed E-state index contributed by atoms with van der Waals surface area (Å²) in [5.41, 5.74) is 0. The lowest BCUT2D eigenvalue weighted by Crippen LogP contribution is -3.00. The van der Waals surface area contributed by atoms with Crippen molar-refractivity contribution < 1.29 is 22.0 Å². The summed E-state index contributed by atoms with van der Waals surface area (Å²) < 4.78 is 0.733. The van der Waals surface area contributed by atoms with Gasteiger partial charge < -0.3 is 17.5 Å². The first-order valence-corrected chi connectivity index (χ1v) is 2.77. The van der Waals surface area contributed by atoms with Gasteiger partial charge in [0.25, 0.3) is 0 Å². The van der Waals surface area contributed by atoms with Gasteiger partial charge >= 0.3 is 0 Å². The maximum Gasteiger partial charge on any atom is 0.132 e. The average Bonchev–Trinajstić information content (AvgIpc) is 1.67. The van der Waals surface area contributed by atoms with Gasteiger partial charge in [-0.3, -0.25) is 4.48 Å². The van der Waals surface area contributed by atoms with Crippen LogP contribution in [0.5, 0.6) is 0 Å².